The number of amides is 2. The van der Waals surface area contributed by atoms with Crippen molar-refractivity contribution in [2.75, 3.05) is 10.6 Å². The summed E-state index contributed by atoms with van der Waals surface area (Å²) in [6.07, 6.45) is 0.333. The van der Waals surface area contributed by atoms with E-state index in [0.29, 0.717) is 17.1 Å². The Bertz CT molecular complexity index is 960. The zero-order chi connectivity index (χ0) is 20.6. The van der Waals surface area contributed by atoms with E-state index < -0.39 is 0 Å². The summed E-state index contributed by atoms with van der Waals surface area (Å²) < 4.78 is 0. The SMILES string of the molecule is CC(Sc1ccc(NC(=O)Cc2ccccc2)cc1)C(=O)Nc1ccc(Cl)cc1. The Morgan fingerprint density at radius 1 is 0.862 bits per heavy atom. The molecular formula is C23H21ClN2O2S. The number of halogens is 1. The predicted octanol–water partition coefficient (Wildman–Crippen LogP) is 5.64. The molecule has 1 atom stereocenters. The van der Waals surface area contributed by atoms with E-state index in [-0.39, 0.29) is 17.1 Å². The smallest absolute Gasteiger partial charge is 0.237 e. The van der Waals surface area contributed by atoms with E-state index in [0.717, 1.165) is 16.1 Å². The second kappa shape index (κ2) is 10.1. The molecule has 2 amide bonds. The molecule has 148 valence electrons. The van der Waals surface area contributed by atoms with Gasteiger partial charge in [-0.05, 0) is 61.0 Å². The van der Waals surface area contributed by atoms with Crippen molar-refractivity contribution in [2.45, 2.75) is 23.5 Å². The molecule has 0 spiro atoms. The van der Waals surface area contributed by atoms with Gasteiger partial charge in [0, 0.05) is 21.3 Å². The molecule has 0 radical (unpaired) electrons. The van der Waals surface area contributed by atoms with Crippen LogP contribution in [-0.2, 0) is 16.0 Å². The molecule has 6 heteroatoms. The van der Waals surface area contributed by atoms with Gasteiger partial charge in [-0.1, -0.05) is 41.9 Å². The third-order valence-corrected chi connectivity index (χ3v) is 5.50. The van der Waals surface area contributed by atoms with Crippen LogP contribution in [-0.4, -0.2) is 17.1 Å². The molecule has 0 fully saturated rings. The Hall–Kier alpha value is -2.76. The van der Waals surface area contributed by atoms with E-state index in [1.165, 1.54) is 11.8 Å². The van der Waals surface area contributed by atoms with Gasteiger partial charge in [-0.15, -0.1) is 11.8 Å². The maximum Gasteiger partial charge on any atom is 0.237 e. The minimum atomic E-state index is -0.274. The molecule has 0 aliphatic heterocycles. The second-order valence-corrected chi connectivity index (χ2v) is 8.34. The lowest BCUT2D eigenvalue weighted by molar-refractivity contribution is -0.116. The number of anilines is 2. The van der Waals surface area contributed by atoms with Crippen molar-refractivity contribution < 1.29 is 9.59 Å². The lowest BCUT2D eigenvalue weighted by Gasteiger charge is -2.13. The third kappa shape index (κ3) is 6.66. The largest absolute Gasteiger partial charge is 0.326 e. The molecule has 3 rings (SSSR count). The van der Waals surface area contributed by atoms with Crippen LogP contribution in [0.4, 0.5) is 11.4 Å². The number of carbonyl (C=O) groups is 2. The average molecular weight is 425 g/mol. The molecule has 1 unspecified atom stereocenters. The van der Waals surface area contributed by atoms with Gasteiger partial charge in [0.1, 0.15) is 0 Å². The van der Waals surface area contributed by atoms with Crippen LogP contribution in [0.3, 0.4) is 0 Å². The molecule has 0 bridgehead atoms. The minimum absolute atomic E-state index is 0.0627. The molecule has 0 saturated carbocycles. The van der Waals surface area contributed by atoms with E-state index in [2.05, 4.69) is 10.6 Å². The number of benzene rings is 3. The Morgan fingerprint density at radius 3 is 2.10 bits per heavy atom. The number of hydrogen-bond acceptors (Lipinski definition) is 3. The summed E-state index contributed by atoms with van der Waals surface area (Å²) in [5.74, 6) is -0.148. The monoisotopic (exact) mass is 424 g/mol. The van der Waals surface area contributed by atoms with Crippen LogP contribution in [0.5, 0.6) is 0 Å². The summed E-state index contributed by atoms with van der Waals surface area (Å²) in [7, 11) is 0. The number of nitrogens with one attached hydrogen (secondary N) is 2. The van der Waals surface area contributed by atoms with E-state index in [1.54, 1.807) is 24.3 Å². The highest BCUT2D eigenvalue weighted by atomic mass is 35.5. The second-order valence-electron chi connectivity index (χ2n) is 6.49. The molecule has 2 N–H and O–H groups in total. The van der Waals surface area contributed by atoms with Crippen molar-refractivity contribution in [2.24, 2.45) is 0 Å². The van der Waals surface area contributed by atoms with Gasteiger partial charge >= 0.3 is 0 Å². The molecule has 0 aliphatic carbocycles. The molecule has 3 aromatic carbocycles. The Labute approximate surface area is 179 Å². The van der Waals surface area contributed by atoms with Crippen molar-refractivity contribution in [3.8, 4) is 0 Å². The zero-order valence-electron chi connectivity index (χ0n) is 15.9. The number of hydrogen-bond donors (Lipinski definition) is 2. The van der Waals surface area contributed by atoms with E-state index >= 15 is 0 Å². The van der Waals surface area contributed by atoms with Crippen LogP contribution in [0.15, 0.2) is 83.8 Å². The van der Waals surface area contributed by atoms with E-state index in [9.17, 15) is 9.59 Å². The normalized spacial score (nSPS) is 11.5. The van der Waals surface area contributed by atoms with Gasteiger partial charge < -0.3 is 10.6 Å². The first-order valence-corrected chi connectivity index (χ1v) is 10.4. The van der Waals surface area contributed by atoms with E-state index in [4.69, 9.17) is 11.6 Å². The fourth-order valence-corrected chi connectivity index (χ4v) is 3.63. The summed E-state index contributed by atoms with van der Waals surface area (Å²) in [5, 5.41) is 6.12. The maximum absolute atomic E-state index is 12.4. The highest BCUT2D eigenvalue weighted by molar-refractivity contribution is 8.00. The number of rotatable bonds is 7. The van der Waals surface area contributed by atoms with Crippen LogP contribution in [0.1, 0.15) is 12.5 Å². The lowest BCUT2D eigenvalue weighted by atomic mass is 10.1. The van der Waals surface area contributed by atoms with Crippen molar-refractivity contribution in [3.05, 3.63) is 89.4 Å². The average Bonchev–Trinajstić information content (AvgIpc) is 2.72. The lowest BCUT2D eigenvalue weighted by Crippen LogP contribution is -2.22. The highest BCUT2D eigenvalue weighted by Crippen LogP contribution is 2.26. The van der Waals surface area contributed by atoms with Gasteiger partial charge in [0.25, 0.3) is 0 Å². The molecule has 0 aliphatic rings. The quantitative estimate of drug-likeness (QED) is 0.482. The van der Waals surface area contributed by atoms with Crippen LogP contribution in [0, 0.1) is 0 Å². The summed E-state index contributed by atoms with van der Waals surface area (Å²) in [4.78, 5) is 25.5. The third-order valence-electron chi connectivity index (χ3n) is 4.14. The summed E-state index contributed by atoms with van der Waals surface area (Å²) in [6, 6.07) is 24.1. The fraction of sp³-hybridized carbons (Fsp3) is 0.130. The van der Waals surface area contributed by atoms with Gasteiger partial charge in [-0.3, -0.25) is 9.59 Å². The van der Waals surface area contributed by atoms with Gasteiger partial charge in [0.15, 0.2) is 0 Å². The van der Waals surface area contributed by atoms with Crippen LogP contribution >= 0.6 is 23.4 Å². The fourth-order valence-electron chi connectivity index (χ4n) is 2.64. The van der Waals surface area contributed by atoms with Crippen LogP contribution in [0.25, 0.3) is 0 Å². The standard InChI is InChI=1S/C23H21ClN2O2S/c1-16(23(28)26-20-9-7-18(24)8-10-20)29-21-13-11-19(12-14-21)25-22(27)15-17-5-3-2-4-6-17/h2-14,16H,15H2,1H3,(H,25,27)(H,26,28). The molecule has 29 heavy (non-hydrogen) atoms. The maximum atomic E-state index is 12.4. The van der Waals surface area contributed by atoms with Gasteiger partial charge in [-0.2, -0.15) is 0 Å². The van der Waals surface area contributed by atoms with Gasteiger partial charge in [-0.25, -0.2) is 0 Å². The Morgan fingerprint density at radius 2 is 1.45 bits per heavy atom. The van der Waals surface area contributed by atoms with Gasteiger partial charge in [0.2, 0.25) is 11.8 Å². The Kier molecular flexibility index (Phi) is 7.33. The van der Waals surface area contributed by atoms with Crippen molar-refractivity contribution in [3.63, 3.8) is 0 Å². The summed E-state index contributed by atoms with van der Waals surface area (Å²) in [5.41, 5.74) is 2.41. The molecule has 0 aromatic heterocycles. The zero-order valence-corrected chi connectivity index (χ0v) is 17.5. The molecule has 3 aromatic rings. The van der Waals surface area contributed by atoms with Crippen molar-refractivity contribution in [1.82, 2.24) is 0 Å². The number of thioether (sulfide) groups is 1. The molecular weight excluding hydrogens is 404 g/mol. The molecule has 0 heterocycles. The molecule has 0 saturated heterocycles. The van der Waals surface area contributed by atoms with Crippen LogP contribution in [0.2, 0.25) is 5.02 Å². The topological polar surface area (TPSA) is 58.2 Å². The highest BCUT2D eigenvalue weighted by Gasteiger charge is 2.15. The minimum Gasteiger partial charge on any atom is -0.326 e. The summed E-state index contributed by atoms with van der Waals surface area (Å²) in [6.45, 7) is 1.85. The van der Waals surface area contributed by atoms with Crippen LogP contribution < -0.4 is 10.6 Å². The van der Waals surface area contributed by atoms with Crippen molar-refractivity contribution in [1.29, 1.82) is 0 Å². The first-order chi connectivity index (χ1) is 14.0. The number of carbonyl (C=O) groups excluding carboxylic acids is 2. The Balaban J connectivity index is 1.50. The first-order valence-electron chi connectivity index (χ1n) is 9.16. The van der Waals surface area contributed by atoms with Crippen molar-refractivity contribution >= 4 is 46.6 Å². The summed E-state index contributed by atoms with van der Waals surface area (Å²) >= 11 is 7.31. The predicted molar refractivity (Wildman–Crippen MR) is 121 cm³/mol. The van der Waals surface area contributed by atoms with Gasteiger partial charge in [0.05, 0.1) is 11.7 Å². The first kappa shape index (κ1) is 21.0. The molecule has 4 nitrogen and oxygen atoms in total. The van der Waals surface area contributed by atoms with E-state index in [1.807, 2.05) is 61.5 Å².